The van der Waals surface area contributed by atoms with Gasteiger partial charge in [0.05, 0.1) is 0 Å². The molecule has 0 bridgehead atoms. The average molecular weight is 292 g/mol. The Balaban J connectivity index is 2.06. The van der Waals surface area contributed by atoms with Crippen molar-refractivity contribution in [3.8, 4) is 0 Å². The Hall–Kier alpha value is -0.320. The van der Waals surface area contributed by atoms with Crippen LogP contribution in [0.15, 0.2) is 0 Å². The predicted molar refractivity (Wildman–Crippen MR) is 74.8 cm³/mol. The van der Waals surface area contributed by atoms with Gasteiger partial charge in [-0.05, 0) is 24.7 Å². The molecule has 1 aromatic rings. The zero-order valence-electron chi connectivity index (χ0n) is 9.76. The Bertz CT molecular complexity index is 403. The number of thiocarbonyl (C=S) groups is 1. The molecule has 0 amide bonds. The number of aromatic amines is 1. The van der Waals surface area contributed by atoms with Crippen LogP contribution in [0.4, 0.5) is 0 Å². The second-order valence-corrected chi connectivity index (χ2v) is 5.87. The second-order valence-electron chi connectivity index (χ2n) is 4.72. The van der Waals surface area contributed by atoms with Crippen molar-refractivity contribution >= 4 is 40.4 Å². The van der Waals surface area contributed by atoms with Crippen LogP contribution >= 0.6 is 35.4 Å². The normalized spacial score (nSPS) is 28.4. The number of aromatic nitrogens is 2. The van der Waals surface area contributed by atoms with Gasteiger partial charge in [-0.25, -0.2) is 4.98 Å². The third-order valence-electron chi connectivity index (χ3n) is 3.44. The van der Waals surface area contributed by atoms with Gasteiger partial charge in [-0.15, -0.1) is 0 Å². The molecule has 2 unspecified atom stereocenters. The molecule has 94 valence electrons. The van der Waals surface area contributed by atoms with Gasteiger partial charge in [-0.2, -0.15) is 0 Å². The molecule has 3 nitrogen and oxygen atoms in total. The van der Waals surface area contributed by atoms with Crippen molar-refractivity contribution in [3.63, 3.8) is 0 Å². The van der Waals surface area contributed by atoms with E-state index < -0.39 is 0 Å². The topological polar surface area (TPSA) is 40.7 Å². The summed E-state index contributed by atoms with van der Waals surface area (Å²) in [5.41, 5.74) is 0. The highest BCUT2D eigenvalue weighted by Gasteiger charge is 2.31. The van der Waals surface area contributed by atoms with E-state index in [-0.39, 0.29) is 5.15 Å². The summed E-state index contributed by atoms with van der Waals surface area (Å²) in [4.78, 5) is 7.53. The molecule has 1 heterocycles. The van der Waals surface area contributed by atoms with Gasteiger partial charge < -0.3 is 10.3 Å². The number of H-pyrrole nitrogens is 1. The lowest BCUT2D eigenvalue weighted by molar-refractivity contribution is 0.419. The lowest BCUT2D eigenvalue weighted by Gasteiger charge is -2.22. The first-order valence-corrected chi connectivity index (χ1v) is 6.87. The number of hydrogen-bond donors (Lipinski definition) is 2. The van der Waals surface area contributed by atoms with E-state index in [1.54, 1.807) is 0 Å². The van der Waals surface area contributed by atoms with E-state index >= 15 is 0 Å². The highest BCUT2D eigenvalue weighted by molar-refractivity contribution is 7.80. The number of nitrogens with zero attached hydrogens (tertiary/aromatic N) is 1. The Kier molecular flexibility index (Phi) is 3.95. The Morgan fingerprint density at radius 2 is 1.94 bits per heavy atom. The van der Waals surface area contributed by atoms with Gasteiger partial charge >= 0.3 is 0 Å². The van der Waals surface area contributed by atoms with Crippen LogP contribution in [-0.4, -0.2) is 21.0 Å². The van der Waals surface area contributed by atoms with Gasteiger partial charge in [-0.1, -0.05) is 49.3 Å². The first-order chi connectivity index (χ1) is 7.99. The summed E-state index contributed by atoms with van der Waals surface area (Å²) < 4.78 is 0. The minimum absolute atomic E-state index is 0.262. The Morgan fingerprint density at radius 3 is 2.41 bits per heavy atom. The standard InChI is InChI=1S/C11H15Cl2N3S/c1-5-3-4-6(2)7(5)14-11(17)10-15-8(12)9(13)16-10/h5-7H,3-4H2,1-2H3,(H,14,17)(H,15,16). The van der Waals surface area contributed by atoms with Crippen LogP contribution in [0, 0.1) is 11.8 Å². The molecule has 1 aromatic heterocycles. The fourth-order valence-electron chi connectivity index (χ4n) is 2.39. The van der Waals surface area contributed by atoms with Crippen LogP contribution < -0.4 is 5.32 Å². The van der Waals surface area contributed by atoms with E-state index in [0.29, 0.717) is 33.8 Å². The third-order valence-corrected chi connectivity index (χ3v) is 4.39. The van der Waals surface area contributed by atoms with Crippen LogP contribution in [0.1, 0.15) is 32.5 Å². The molecule has 0 aliphatic heterocycles. The van der Waals surface area contributed by atoms with Crippen LogP contribution in [0.25, 0.3) is 0 Å². The molecule has 0 radical (unpaired) electrons. The van der Waals surface area contributed by atoms with Crippen molar-refractivity contribution in [2.24, 2.45) is 11.8 Å². The largest absolute Gasteiger partial charge is 0.370 e. The van der Waals surface area contributed by atoms with Crippen molar-refractivity contribution in [2.75, 3.05) is 0 Å². The van der Waals surface area contributed by atoms with Crippen LogP contribution in [0.5, 0.6) is 0 Å². The van der Waals surface area contributed by atoms with Crippen molar-refractivity contribution in [2.45, 2.75) is 32.7 Å². The van der Waals surface area contributed by atoms with E-state index in [9.17, 15) is 0 Å². The summed E-state index contributed by atoms with van der Waals surface area (Å²) in [6, 6.07) is 0.408. The quantitative estimate of drug-likeness (QED) is 0.821. The van der Waals surface area contributed by atoms with Crippen LogP contribution in [0.2, 0.25) is 10.3 Å². The summed E-state index contributed by atoms with van der Waals surface area (Å²) in [6.45, 7) is 4.48. The van der Waals surface area contributed by atoms with E-state index in [1.165, 1.54) is 12.8 Å². The lowest BCUT2D eigenvalue weighted by Crippen LogP contribution is -2.39. The molecule has 0 spiro atoms. The van der Waals surface area contributed by atoms with Crippen molar-refractivity contribution in [1.82, 2.24) is 15.3 Å². The van der Waals surface area contributed by atoms with Gasteiger partial charge in [0.15, 0.2) is 11.0 Å². The first kappa shape index (κ1) is 13.1. The molecule has 1 saturated carbocycles. The van der Waals surface area contributed by atoms with Crippen molar-refractivity contribution in [3.05, 3.63) is 16.1 Å². The third kappa shape index (κ3) is 2.75. The first-order valence-electron chi connectivity index (χ1n) is 5.71. The maximum atomic E-state index is 5.81. The van der Waals surface area contributed by atoms with E-state index in [1.807, 2.05) is 0 Å². The molecule has 2 rings (SSSR count). The highest BCUT2D eigenvalue weighted by atomic mass is 35.5. The molecule has 0 saturated heterocycles. The monoisotopic (exact) mass is 291 g/mol. The number of nitrogens with one attached hydrogen (secondary N) is 2. The molecule has 2 N–H and O–H groups in total. The van der Waals surface area contributed by atoms with Gasteiger partial charge in [0.2, 0.25) is 0 Å². The van der Waals surface area contributed by atoms with E-state index in [0.717, 1.165) is 0 Å². The van der Waals surface area contributed by atoms with Gasteiger partial charge in [0.1, 0.15) is 10.1 Å². The van der Waals surface area contributed by atoms with Gasteiger partial charge in [0.25, 0.3) is 0 Å². The van der Waals surface area contributed by atoms with E-state index in [4.69, 9.17) is 35.4 Å². The fraction of sp³-hybridized carbons (Fsp3) is 0.636. The predicted octanol–water partition coefficient (Wildman–Crippen LogP) is 3.42. The van der Waals surface area contributed by atoms with Crippen molar-refractivity contribution in [1.29, 1.82) is 0 Å². The van der Waals surface area contributed by atoms with Crippen molar-refractivity contribution < 1.29 is 0 Å². The molecular weight excluding hydrogens is 277 g/mol. The smallest absolute Gasteiger partial charge is 0.167 e. The van der Waals surface area contributed by atoms with Gasteiger partial charge in [0, 0.05) is 6.04 Å². The summed E-state index contributed by atoms with van der Waals surface area (Å²) >= 11 is 16.9. The molecule has 6 heteroatoms. The minimum Gasteiger partial charge on any atom is -0.370 e. The highest BCUT2D eigenvalue weighted by Crippen LogP contribution is 2.30. The molecule has 17 heavy (non-hydrogen) atoms. The molecular formula is C11H15Cl2N3S. The molecule has 0 aromatic carbocycles. The SMILES string of the molecule is CC1CCC(C)C1NC(=S)c1nc(Cl)c(Cl)[nH]1. The summed E-state index contributed by atoms with van der Waals surface area (Å²) in [7, 11) is 0. The summed E-state index contributed by atoms with van der Waals surface area (Å²) in [5, 5.41) is 3.95. The zero-order chi connectivity index (χ0) is 12.6. The Morgan fingerprint density at radius 1 is 1.35 bits per heavy atom. The zero-order valence-corrected chi connectivity index (χ0v) is 12.1. The van der Waals surface area contributed by atoms with Crippen LogP contribution in [-0.2, 0) is 0 Å². The summed E-state index contributed by atoms with van der Waals surface area (Å²) in [6.07, 6.45) is 2.47. The molecule has 1 aliphatic rings. The maximum Gasteiger partial charge on any atom is 0.167 e. The Labute approximate surface area is 116 Å². The van der Waals surface area contributed by atoms with Gasteiger partial charge in [-0.3, -0.25) is 0 Å². The number of rotatable bonds is 2. The summed E-state index contributed by atoms with van der Waals surface area (Å²) in [5.74, 6) is 1.80. The van der Waals surface area contributed by atoms with Crippen LogP contribution in [0.3, 0.4) is 0 Å². The molecule has 1 aliphatic carbocycles. The number of halogens is 2. The van der Waals surface area contributed by atoms with E-state index in [2.05, 4.69) is 29.1 Å². The number of hydrogen-bond acceptors (Lipinski definition) is 2. The molecule has 2 atom stereocenters. The molecule has 1 fully saturated rings. The fourth-order valence-corrected chi connectivity index (χ4v) is 2.88. The average Bonchev–Trinajstić information content (AvgIpc) is 2.76. The second kappa shape index (κ2) is 5.12. The number of imidazole rings is 1. The minimum atomic E-state index is 0.262. The maximum absolute atomic E-state index is 5.81. The lowest BCUT2D eigenvalue weighted by atomic mass is 10.0.